The van der Waals surface area contributed by atoms with Crippen molar-refractivity contribution in [1.82, 2.24) is 5.32 Å². The molecule has 3 nitrogen and oxygen atoms in total. The molecule has 0 heterocycles. The van der Waals surface area contributed by atoms with Gasteiger partial charge in [-0.05, 0) is 12.8 Å². The van der Waals surface area contributed by atoms with Gasteiger partial charge in [-0.1, -0.05) is 12.8 Å². The molecule has 3 N–H and O–H groups in total. The summed E-state index contributed by atoms with van der Waals surface area (Å²) in [5, 5.41) is 1.92. The number of carbonyl (C=O) groups excluding carboxylic acids is 1. The van der Waals surface area contributed by atoms with Gasteiger partial charge in [-0.15, -0.1) is 0 Å². The SMILES string of the molecule is NC1CCCCC1NC(=O)C(F)(F)F. The van der Waals surface area contributed by atoms with Gasteiger partial charge in [-0.3, -0.25) is 4.79 Å². The van der Waals surface area contributed by atoms with E-state index in [4.69, 9.17) is 5.73 Å². The van der Waals surface area contributed by atoms with Gasteiger partial charge in [0.1, 0.15) is 0 Å². The van der Waals surface area contributed by atoms with E-state index in [0.29, 0.717) is 12.8 Å². The Balaban J connectivity index is 2.46. The summed E-state index contributed by atoms with van der Waals surface area (Å²) < 4.78 is 35.6. The van der Waals surface area contributed by atoms with Crippen molar-refractivity contribution >= 4 is 5.91 Å². The molecule has 1 saturated carbocycles. The highest BCUT2D eigenvalue weighted by Gasteiger charge is 2.40. The molecule has 6 heteroatoms. The molecule has 0 spiro atoms. The lowest BCUT2D eigenvalue weighted by atomic mass is 9.91. The van der Waals surface area contributed by atoms with E-state index in [0.717, 1.165) is 12.8 Å². The quantitative estimate of drug-likeness (QED) is 0.676. The van der Waals surface area contributed by atoms with Crippen molar-refractivity contribution in [3.05, 3.63) is 0 Å². The molecule has 1 fully saturated rings. The zero-order chi connectivity index (χ0) is 10.8. The van der Waals surface area contributed by atoms with E-state index in [1.54, 1.807) is 0 Å². The molecule has 0 aromatic rings. The summed E-state index contributed by atoms with van der Waals surface area (Å²) in [5.74, 6) is -1.89. The molecule has 0 aromatic heterocycles. The smallest absolute Gasteiger partial charge is 0.344 e. The maximum Gasteiger partial charge on any atom is 0.471 e. The zero-order valence-corrected chi connectivity index (χ0v) is 7.60. The van der Waals surface area contributed by atoms with Crippen LogP contribution in [0.15, 0.2) is 0 Å². The van der Waals surface area contributed by atoms with E-state index in [9.17, 15) is 18.0 Å². The predicted octanol–water partition coefficient (Wildman–Crippen LogP) is 0.935. The number of nitrogens with one attached hydrogen (secondary N) is 1. The fourth-order valence-electron chi connectivity index (χ4n) is 1.59. The van der Waals surface area contributed by atoms with Crippen LogP contribution in [0.1, 0.15) is 25.7 Å². The molecule has 1 aliphatic rings. The van der Waals surface area contributed by atoms with Crippen LogP contribution in [0.4, 0.5) is 13.2 Å². The average Bonchev–Trinajstić information content (AvgIpc) is 2.07. The number of halogens is 3. The monoisotopic (exact) mass is 210 g/mol. The third-order valence-electron chi connectivity index (χ3n) is 2.39. The lowest BCUT2D eigenvalue weighted by Crippen LogP contribution is -2.52. The standard InChI is InChI=1S/C8H13F3N2O/c9-8(10,11)7(14)13-6-4-2-1-3-5(6)12/h5-6H,1-4,12H2,(H,13,14). The summed E-state index contributed by atoms with van der Waals surface area (Å²) in [6, 6.07) is -0.882. The maximum absolute atomic E-state index is 11.9. The Hall–Kier alpha value is -0.780. The lowest BCUT2D eigenvalue weighted by molar-refractivity contribution is -0.174. The number of rotatable bonds is 1. The van der Waals surface area contributed by atoms with Crippen molar-refractivity contribution in [2.24, 2.45) is 5.73 Å². The van der Waals surface area contributed by atoms with Crippen LogP contribution in [0.25, 0.3) is 0 Å². The number of amides is 1. The molecular formula is C8H13F3N2O. The van der Waals surface area contributed by atoms with Crippen molar-refractivity contribution < 1.29 is 18.0 Å². The fourth-order valence-corrected chi connectivity index (χ4v) is 1.59. The van der Waals surface area contributed by atoms with E-state index in [1.165, 1.54) is 0 Å². The van der Waals surface area contributed by atoms with E-state index in [2.05, 4.69) is 0 Å². The Bertz CT molecular complexity index is 217. The molecule has 1 rings (SSSR count). The molecule has 82 valence electrons. The Morgan fingerprint density at radius 2 is 1.86 bits per heavy atom. The van der Waals surface area contributed by atoms with Crippen LogP contribution in [-0.4, -0.2) is 24.2 Å². The van der Waals surface area contributed by atoms with Gasteiger partial charge < -0.3 is 11.1 Å². The number of nitrogens with two attached hydrogens (primary N) is 1. The van der Waals surface area contributed by atoms with Gasteiger partial charge in [0.25, 0.3) is 0 Å². The molecule has 1 aliphatic carbocycles. The molecule has 2 atom stereocenters. The number of hydrogen-bond acceptors (Lipinski definition) is 2. The normalized spacial score (nSPS) is 28.6. The average molecular weight is 210 g/mol. The second-order valence-electron chi connectivity index (χ2n) is 3.53. The third-order valence-corrected chi connectivity index (χ3v) is 2.39. The van der Waals surface area contributed by atoms with E-state index >= 15 is 0 Å². The van der Waals surface area contributed by atoms with Crippen molar-refractivity contribution in [1.29, 1.82) is 0 Å². The second kappa shape index (κ2) is 4.16. The first-order valence-electron chi connectivity index (χ1n) is 4.54. The maximum atomic E-state index is 11.9. The number of carbonyl (C=O) groups is 1. The van der Waals surface area contributed by atoms with Crippen LogP contribution in [0, 0.1) is 0 Å². The van der Waals surface area contributed by atoms with Gasteiger partial charge in [-0.2, -0.15) is 13.2 Å². The summed E-state index contributed by atoms with van der Waals surface area (Å²) in [4.78, 5) is 10.6. The Morgan fingerprint density at radius 3 is 2.36 bits per heavy atom. The van der Waals surface area contributed by atoms with Crippen molar-refractivity contribution in [2.45, 2.75) is 43.9 Å². The Kier molecular flexibility index (Phi) is 3.36. The predicted molar refractivity (Wildman–Crippen MR) is 44.4 cm³/mol. The second-order valence-corrected chi connectivity index (χ2v) is 3.53. The third kappa shape index (κ3) is 2.87. The van der Waals surface area contributed by atoms with Crippen LogP contribution in [0.2, 0.25) is 0 Å². The topological polar surface area (TPSA) is 55.1 Å². The van der Waals surface area contributed by atoms with Gasteiger partial charge in [0.05, 0.1) is 0 Å². The molecular weight excluding hydrogens is 197 g/mol. The van der Waals surface area contributed by atoms with Crippen LogP contribution in [0.3, 0.4) is 0 Å². The van der Waals surface area contributed by atoms with Gasteiger partial charge >= 0.3 is 12.1 Å². The van der Waals surface area contributed by atoms with E-state index < -0.39 is 18.1 Å². The highest BCUT2D eigenvalue weighted by atomic mass is 19.4. The summed E-state index contributed by atoms with van der Waals surface area (Å²) in [6.45, 7) is 0. The molecule has 0 aromatic carbocycles. The molecule has 0 aliphatic heterocycles. The first-order chi connectivity index (χ1) is 6.41. The summed E-state index contributed by atoms with van der Waals surface area (Å²) >= 11 is 0. The van der Waals surface area contributed by atoms with Crippen molar-refractivity contribution in [2.75, 3.05) is 0 Å². The molecule has 2 unspecified atom stereocenters. The van der Waals surface area contributed by atoms with Crippen LogP contribution >= 0.6 is 0 Å². The lowest BCUT2D eigenvalue weighted by Gasteiger charge is -2.29. The highest BCUT2D eigenvalue weighted by Crippen LogP contribution is 2.20. The highest BCUT2D eigenvalue weighted by molar-refractivity contribution is 5.82. The van der Waals surface area contributed by atoms with Gasteiger partial charge in [0.2, 0.25) is 0 Å². The Labute approximate surface area is 79.8 Å². The van der Waals surface area contributed by atoms with Crippen molar-refractivity contribution in [3.8, 4) is 0 Å². The fraction of sp³-hybridized carbons (Fsp3) is 0.875. The molecule has 0 radical (unpaired) electrons. The van der Waals surface area contributed by atoms with E-state index in [1.807, 2.05) is 5.32 Å². The molecule has 1 amide bonds. The minimum atomic E-state index is -4.81. The summed E-state index contributed by atoms with van der Waals surface area (Å²) in [5.41, 5.74) is 5.59. The first-order valence-corrected chi connectivity index (χ1v) is 4.54. The van der Waals surface area contributed by atoms with Crippen LogP contribution in [0.5, 0.6) is 0 Å². The first kappa shape index (κ1) is 11.3. The molecule has 0 bridgehead atoms. The van der Waals surface area contributed by atoms with Crippen molar-refractivity contribution in [3.63, 3.8) is 0 Å². The van der Waals surface area contributed by atoms with Gasteiger partial charge in [0.15, 0.2) is 0 Å². The largest absolute Gasteiger partial charge is 0.471 e. The minimum absolute atomic E-state index is 0.352. The van der Waals surface area contributed by atoms with E-state index in [-0.39, 0.29) is 6.04 Å². The Morgan fingerprint density at radius 1 is 1.29 bits per heavy atom. The van der Waals surface area contributed by atoms with Gasteiger partial charge in [0, 0.05) is 12.1 Å². The van der Waals surface area contributed by atoms with Gasteiger partial charge in [-0.25, -0.2) is 0 Å². The number of alkyl halides is 3. The molecule has 14 heavy (non-hydrogen) atoms. The van der Waals surface area contributed by atoms with Crippen LogP contribution < -0.4 is 11.1 Å². The molecule has 0 saturated heterocycles. The summed E-state index contributed by atoms with van der Waals surface area (Å²) in [6.07, 6.45) is -1.88. The zero-order valence-electron chi connectivity index (χ0n) is 7.60. The minimum Gasteiger partial charge on any atom is -0.344 e. The number of hydrogen-bond donors (Lipinski definition) is 2. The van der Waals surface area contributed by atoms with Crippen LogP contribution in [-0.2, 0) is 4.79 Å². The summed E-state index contributed by atoms with van der Waals surface area (Å²) in [7, 11) is 0.